The minimum atomic E-state index is -0.0152. The fourth-order valence-corrected chi connectivity index (χ4v) is 2.68. The van der Waals surface area contributed by atoms with Gasteiger partial charge in [-0.3, -0.25) is 4.79 Å². The van der Waals surface area contributed by atoms with Gasteiger partial charge in [0.2, 0.25) is 5.91 Å². The molecule has 0 aromatic heterocycles. The maximum atomic E-state index is 11.9. The van der Waals surface area contributed by atoms with E-state index in [0.717, 1.165) is 38.9 Å². The van der Waals surface area contributed by atoms with Gasteiger partial charge in [-0.15, -0.1) is 0 Å². The Labute approximate surface area is 131 Å². The summed E-state index contributed by atoms with van der Waals surface area (Å²) in [4.78, 5) is 14.2. The van der Waals surface area contributed by atoms with Crippen LogP contribution >= 0.6 is 0 Å². The Bertz CT molecular complexity index is 582. The molecule has 1 amide bonds. The van der Waals surface area contributed by atoms with E-state index in [-0.39, 0.29) is 11.8 Å². The molecule has 1 N–H and O–H groups in total. The zero-order valence-electron chi connectivity index (χ0n) is 12.6. The summed E-state index contributed by atoms with van der Waals surface area (Å²) in [6, 6.07) is 11.2. The van der Waals surface area contributed by atoms with E-state index in [1.807, 2.05) is 6.07 Å². The first-order valence-electron chi connectivity index (χ1n) is 7.63. The molecule has 22 heavy (non-hydrogen) atoms. The third-order valence-electron chi connectivity index (χ3n) is 3.86. The van der Waals surface area contributed by atoms with Crippen LogP contribution in [0, 0.1) is 28.6 Å². The van der Waals surface area contributed by atoms with Gasteiger partial charge >= 0.3 is 0 Å². The number of hydrogen-bond donors (Lipinski definition) is 1. The Hall–Kier alpha value is -2.37. The Morgan fingerprint density at radius 3 is 2.77 bits per heavy atom. The minimum Gasteiger partial charge on any atom is -0.326 e. The highest BCUT2D eigenvalue weighted by molar-refractivity contribution is 5.90. The van der Waals surface area contributed by atoms with E-state index in [9.17, 15) is 4.79 Å². The summed E-state index contributed by atoms with van der Waals surface area (Å²) in [5.74, 6) is 0.125. The summed E-state index contributed by atoms with van der Waals surface area (Å²) in [5.41, 5.74) is 1.29. The quantitative estimate of drug-likeness (QED) is 0.905. The number of piperidine rings is 1. The molecule has 1 atom stereocenters. The van der Waals surface area contributed by atoms with Gasteiger partial charge in [0, 0.05) is 18.7 Å². The summed E-state index contributed by atoms with van der Waals surface area (Å²) in [7, 11) is 0. The molecule has 5 nitrogen and oxygen atoms in total. The lowest BCUT2D eigenvalue weighted by Crippen LogP contribution is -2.35. The summed E-state index contributed by atoms with van der Waals surface area (Å²) in [6.07, 6.45) is 3.32. The van der Waals surface area contributed by atoms with Crippen LogP contribution in [0.3, 0.4) is 0 Å². The average molecular weight is 296 g/mol. The van der Waals surface area contributed by atoms with Gasteiger partial charge in [0.25, 0.3) is 0 Å². The van der Waals surface area contributed by atoms with Crippen LogP contribution < -0.4 is 5.32 Å². The number of nitrogens with one attached hydrogen (secondary N) is 1. The molecule has 0 bridgehead atoms. The molecule has 0 saturated carbocycles. The van der Waals surface area contributed by atoms with E-state index in [2.05, 4.69) is 16.3 Å². The minimum absolute atomic E-state index is 0.0152. The second-order valence-corrected chi connectivity index (χ2v) is 5.61. The van der Waals surface area contributed by atoms with Crippen LogP contribution in [0.1, 0.15) is 31.2 Å². The fraction of sp³-hybridized carbons (Fsp3) is 0.471. The van der Waals surface area contributed by atoms with Gasteiger partial charge in [0.15, 0.2) is 0 Å². The van der Waals surface area contributed by atoms with Crippen molar-refractivity contribution < 1.29 is 4.79 Å². The highest BCUT2D eigenvalue weighted by Gasteiger charge is 2.18. The van der Waals surface area contributed by atoms with E-state index < -0.39 is 0 Å². The maximum absolute atomic E-state index is 11.9. The van der Waals surface area contributed by atoms with Gasteiger partial charge in [-0.25, -0.2) is 0 Å². The molecule has 1 aliphatic rings. The van der Waals surface area contributed by atoms with Crippen LogP contribution in [0.5, 0.6) is 0 Å². The normalized spacial score (nSPS) is 18.2. The topological polar surface area (TPSA) is 79.9 Å². The molecule has 5 heteroatoms. The second-order valence-electron chi connectivity index (χ2n) is 5.61. The molecule has 1 aromatic rings. The zero-order valence-corrected chi connectivity index (χ0v) is 12.6. The Morgan fingerprint density at radius 1 is 1.32 bits per heavy atom. The van der Waals surface area contributed by atoms with Crippen molar-refractivity contribution >= 4 is 11.6 Å². The van der Waals surface area contributed by atoms with Crippen molar-refractivity contribution in [1.29, 1.82) is 10.5 Å². The molecule has 1 aromatic carbocycles. The van der Waals surface area contributed by atoms with Gasteiger partial charge < -0.3 is 10.2 Å². The monoisotopic (exact) mass is 296 g/mol. The van der Waals surface area contributed by atoms with E-state index >= 15 is 0 Å². The van der Waals surface area contributed by atoms with Crippen molar-refractivity contribution in [2.24, 2.45) is 5.92 Å². The molecule has 2 rings (SSSR count). The van der Waals surface area contributed by atoms with Crippen molar-refractivity contribution in [1.82, 2.24) is 4.90 Å². The smallest absolute Gasteiger partial charge is 0.224 e. The molecule has 0 radical (unpaired) electrons. The Kier molecular flexibility index (Phi) is 5.94. The largest absolute Gasteiger partial charge is 0.326 e. The lowest BCUT2D eigenvalue weighted by molar-refractivity contribution is -0.116. The third kappa shape index (κ3) is 4.87. The molecule has 114 valence electrons. The van der Waals surface area contributed by atoms with Gasteiger partial charge in [0.05, 0.1) is 23.6 Å². The summed E-state index contributed by atoms with van der Waals surface area (Å²) >= 11 is 0. The average Bonchev–Trinajstić information content (AvgIpc) is 2.56. The van der Waals surface area contributed by atoms with Crippen molar-refractivity contribution in [3.8, 4) is 12.1 Å². The van der Waals surface area contributed by atoms with Crippen LogP contribution in [-0.2, 0) is 4.79 Å². The molecular formula is C17H20N4O. The molecule has 1 unspecified atom stereocenters. The van der Waals surface area contributed by atoms with Crippen molar-refractivity contribution in [2.75, 3.05) is 25.0 Å². The van der Waals surface area contributed by atoms with E-state index in [1.165, 1.54) is 0 Å². The number of hydrogen-bond acceptors (Lipinski definition) is 4. The van der Waals surface area contributed by atoms with Crippen molar-refractivity contribution in [3.63, 3.8) is 0 Å². The van der Waals surface area contributed by atoms with Gasteiger partial charge in [-0.2, -0.15) is 10.5 Å². The lowest BCUT2D eigenvalue weighted by atomic mass is 9.99. The first-order valence-corrected chi connectivity index (χ1v) is 7.63. The van der Waals surface area contributed by atoms with E-state index in [0.29, 0.717) is 17.7 Å². The molecule has 1 saturated heterocycles. The Balaban J connectivity index is 1.69. The molecule has 0 aliphatic carbocycles. The number of carbonyl (C=O) groups is 1. The summed E-state index contributed by atoms with van der Waals surface area (Å²) in [6.45, 7) is 2.71. The van der Waals surface area contributed by atoms with Crippen LogP contribution in [0.2, 0.25) is 0 Å². The zero-order chi connectivity index (χ0) is 15.8. The second kappa shape index (κ2) is 8.17. The number of benzene rings is 1. The van der Waals surface area contributed by atoms with Gasteiger partial charge in [-0.05, 0) is 56.6 Å². The summed E-state index contributed by atoms with van der Waals surface area (Å²) in [5, 5.41) is 20.5. The van der Waals surface area contributed by atoms with Crippen molar-refractivity contribution in [2.45, 2.75) is 25.7 Å². The number of anilines is 1. The molecule has 1 heterocycles. The predicted octanol–water partition coefficient (Wildman–Crippen LogP) is 2.51. The summed E-state index contributed by atoms with van der Waals surface area (Å²) < 4.78 is 0. The van der Waals surface area contributed by atoms with Gasteiger partial charge in [-0.1, -0.05) is 0 Å². The van der Waals surface area contributed by atoms with Crippen LogP contribution in [0.15, 0.2) is 24.3 Å². The molecule has 1 aliphatic heterocycles. The van der Waals surface area contributed by atoms with Crippen LogP contribution in [0.25, 0.3) is 0 Å². The number of likely N-dealkylation sites (tertiary alicyclic amines) is 1. The first kappa shape index (κ1) is 16.0. The van der Waals surface area contributed by atoms with Crippen molar-refractivity contribution in [3.05, 3.63) is 29.8 Å². The first-order chi connectivity index (χ1) is 10.7. The molecule has 1 fully saturated rings. The Morgan fingerprint density at radius 2 is 2.09 bits per heavy atom. The van der Waals surface area contributed by atoms with Crippen LogP contribution in [0.4, 0.5) is 5.69 Å². The maximum Gasteiger partial charge on any atom is 0.224 e. The van der Waals surface area contributed by atoms with E-state index in [1.54, 1.807) is 24.3 Å². The molecular weight excluding hydrogens is 276 g/mol. The highest BCUT2D eigenvalue weighted by atomic mass is 16.1. The number of nitrogens with zero attached hydrogens (tertiary/aromatic N) is 3. The molecule has 0 spiro atoms. The SMILES string of the molecule is N#Cc1ccc(NC(=O)CCCN2CCCC(C#N)C2)cc1. The number of amides is 1. The standard InChI is InChI=1S/C17H20N4O/c18-11-14-5-7-16(8-6-14)20-17(22)4-2-10-21-9-1-3-15(12-19)13-21/h5-8,15H,1-4,9-10,13H2,(H,20,22). The number of nitriles is 2. The number of rotatable bonds is 5. The van der Waals surface area contributed by atoms with Crippen LogP contribution in [-0.4, -0.2) is 30.4 Å². The highest BCUT2D eigenvalue weighted by Crippen LogP contribution is 2.16. The van der Waals surface area contributed by atoms with Gasteiger partial charge in [0.1, 0.15) is 0 Å². The van der Waals surface area contributed by atoms with E-state index in [4.69, 9.17) is 10.5 Å². The lowest BCUT2D eigenvalue weighted by Gasteiger charge is -2.29. The fourth-order valence-electron chi connectivity index (χ4n) is 2.68. The number of carbonyl (C=O) groups excluding carboxylic acids is 1. The predicted molar refractivity (Wildman–Crippen MR) is 83.8 cm³/mol. The third-order valence-corrected chi connectivity index (χ3v) is 3.86.